The number of nitrogens with one attached hydrogen (secondary N) is 2. The second-order valence-electron chi connectivity index (χ2n) is 7.24. The van der Waals surface area contributed by atoms with Crippen LogP contribution in [0.15, 0.2) is 56.7 Å². The van der Waals surface area contributed by atoms with Crippen LogP contribution in [0.3, 0.4) is 0 Å². The first kappa shape index (κ1) is 19.1. The molecule has 2 aromatic heterocycles. The number of aromatic nitrogens is 3. The summed E-state index contributed by atoms with van der Waals surface area (Å²) in [6.45, 7) is 2.16. The number of fused-ring (bicyclic) bond motifs is 2. The Balaban J connectivity index is 1.49. The summed E-state index contributed by atoms with van der Waals surface area (Å²) in [6, 6.07) is 9.83. The summed E-state index contributed by atoms with van der Waals surface area (Å²) in [5.74, 6) is -0.738. The molecule has 0 bridgehead atoms. The van der Waals surface area contributed by atoms with Gasteiger partial charge in [-0.05, 0) is 48.4 Å². The molecule has 0 saturated heterocycles. The first-order valence-corrected chi connectivity index (χ1v) is 10.9. The van der Waals surface area contributed by atoms with Crippen LogP contribution in [-0.2, 0) is 6.42 Å². The van der Waals surface area contributed by atoms with E-state index in [0.717, 1.165) is 22.1 Å². The first-order chi connectivity index (χ1) is 14.3. The predicted octanol–water partition coefficient (Wildman–Crippen LogP) is 4.29. The van der Waals surface area contributed by atoms with Crippen molar-refractivity contribution in [2.75, 3.05) is 6.54 Å². The molecule has 0 aliphatic carbocycles. The topological polar surface area (TPSA) is 118 Å². The zero-order chi connectivity index (χ0) is 21.0. The molecule has 0 amide bonds. The van der Waals surface area contributed by atoms with Crippen molar-refractivity contribution in [1.29, 1.82) is 0 Å². The molecule has 3 heterocycles. The van der Waals surface area contributed by atoms with Crippen molar-refractivity contribution in [1.82, 2.24) is 19.5 Å². The van der Waals surface area contributed by atoms with Crippen LogP contribution in [-0.4, -0.2) is 35.1 Å². The van der Waals surface area contributed by atoms with Crippen LogP contribution >= 0.6 is 10.8 Å². The third-order valence-electron chi connectivity index (χ3n) is 5.50. The van der Waals surface area contributed by atoms with Crippen molar-refractivity contribution in [3.63, 3.8) is 0 Å². The van der Waals surface area contributed by atoms with Gasteiger partial charge in [0, 0.05) is 35.6 Å². The van der Waals surface area contributed by atoms with E-state index in [1.54, 1.807) is 16.4 Å². The minimum Gasteiger partial charge on any atom is -0.392 e. The van der Waals surface area contributed by atoms with Crippen LogP contribution in [0.4, 0.5) is 4.39 Å². The van der Waals surface area contributed by atoms with Gasteiger partial charge in [-0.3, -0.25) is 9.11 Å². The van der Waals surface area contributed by atoms with E-state index >= 15 is 0 Å². The fraction of sp³-hybridized carbons (Fsp3) is 0.200. The monoisotopic (exact) mass is 430 g/mol. The summed E-state index contributed by atoms with van der Waals surface area (Å²) >= 11 is 0. The van der Waals surface area contributed by atoms with Crippen molar-refractivity contribution in [2.45, 2.75) is 24.3 Å². The van der Waals surface area contributed by atoms with Crippen molar-refractivity contribution in [3.05, 3.63) is 70.4 Å². The lowest BCUT2D eigenvalue weighted by atomic mass is 9.99. The van der Waals surface area contributed by atoms with Crippen LogP contribution < -0.4 is 5.76 Å². The van der Waals surface area contributed by atoms with Gasteiger partial charge >= 0.3 is 5.76 Å². The molecule has 5 rings (SSSR count). The van der Waals surface area contributed by atoms with Crippen LogP contribution in [0.25, 0.3) is 22.0 Å². The number of halogens is 1. The number of rotatable bonds is 4. The smallest absolute Gasteiger partial charge is 0.392 e. The van der Waals surface area contributed by atoms with Gasteiger partial charge < -0.3 is 9.40 Å². The summed E-state index contributed by atoms with van der Waals surface area (Å²) in [4.78, 5) is 14.7. The average molecular weight is 430 g/mol. The van der Waals surface area contributed by atoms with Crippen LogP contribution in [0.2, 0.25) is 0 Å². The third kappa shape index (κ3) is 2.96. The Morgan fingerprint density at radius 3 is 2.87 bits per heavy atom. The van der Waals surface area contributed by atoms with Crippen molar-refractivity contribution >= 4 is 21.7 Å². The standard InChI is InChI=1S/C20H19FN4O4S/c1-11-15-8-12(16-10-22-17-9-13(21)3-4-14(16)17)2-5-18(15)30(27,28)25(11)7-6-19-23-24-20(26)29-19/h2-5,8-11,22,27-28H,6-7H2,1H3,(H,24,26). The molecule has 2 aromatic carbocycles. The van der Waals surface area contributed by atoms with Crippen LogP contribution in [0.1, 0.15) is 24.4 Å². The highest BCUT2D eigenvalue weighted by atomic mass is 32.3. The Bertz CT molecular complexity index is 1310. The highest BCUT2D eigenvalue weighted by Crippen LogP contribution is 2.63. The minimum absolute atomic E-state index is 0.213. The van der Waals surface area contributed by atoms with E-state index in [1.807, 2.05) is 25.3 Å². The summed E-state index contributed by atoms with van der Waals surface area (Å²) in [5, 5.41) is 6.85. The normalized spacial score (nSPS) is 19.3. The van der Waals surface area contributed by atoms with E-state index in [4.69, 9.17) is 4.42 Å². The van der Waals surface area contributed by atoms with Crippen LogP contribution in [0, 0.1) is 5.82 Å². The molecule has 1 aliphatic rings. The minimum atomic E-state index is -3.17. The second-order valence-corrected chi connectivity index (χ2v) is 9.18. The summed E-state index contributed by atoms with van der Waals surface area (Å²) in [5.41, 5.74) is 3.32. The number of aromatic amines is 2. The molecule has 0 saturated carbocycles. The molecular formula is C20H19FN4O4S. The van der Waals surface area contributed by atoms with E-state index in [-0.39, 0.29) is 30.7 Å². The highest BCUT2D eigenvalue weighted by Gasteiger charge is 2.40. The first-order valence-electron chi connectivity index (χ1n) is 9.35. The van der Waals surface area contributed by atoms with Gasteiger partial charge in [-0.2, -0.15) is 4.31 Å². The quantitative estimate of drug-likeness (QED) is 0.383. The lowest BCUT2D eigenvalue weighted by molar-refractivity contribution is 0.309. The SMILES string of the molecule is CC1c2cc(-c3c[nH]c4cc(F)ccc34)ccc2S(O)(O)N1CCc1n[nH]c(=O)o1. The maximum Gasteiger partial charge on any atom is 0.434 e. The van der Waals surface area contributed by atoms with Gasteiger partial charge in [0.1, 0.15) is 5.82 Å². The molecule has 0 radical (unpaired) electrons. The molecule has 0 spiro atoms. The molecule has 4 N–H and O–H groups in total. The third-order valence-corrected chi connectivity index (χ3v) is 7.61. The fourth-order valence-electron chi connectivity index (χ4n) is 4.03. The Morgan fingerprint density at radius 1 is 1.27 bits per heavy atom. The Labute approximate surface area is 171 Å². The molecule has 30 heavy (non-hydrogen) atoms. The molecule has 4 aromatic rings. The molecule has 8 nitrogen and oxygen atoms in total. The van der Waals surface area contributed by atoms with Gasteiger partial charge in [0.2, 0.25) is 5.89 Å². The number of benzene rings is 2. The maximum atomic E-state index is 13.5. The van der Waals surface area contributed by atoms with Gasteiger partial charge in [0.15, 0.2) is 0 Å². The van der Waals surface area contributed by atoms with E-state index in [2.05, 4.69) is 15.2 Å². The van der Waals surface area contributed by atoms with Gasteiger partial charge in [-0.1, -0.05) is 6.07 Å². The van der Waals surface area contributed by atoms with E-state index < -0.39 is 16.5 Å². The Hall–Kier alpha value is -2.92. The molecule has 1 aliphatic heterocycles. The van der Waals surface area contributed by atoms with E-state index in [1.165, 1.54) is 12.1 Å². The molecule has 156 valence electrons. The van der Waals surface area contributed by atoms with Gasteiger partial charge in [-0.25, -0.2) is 14.3 Å². The lowest BCUT2D eigenvalue weighted by Crippen LogP contribution is -2.26. The lowest BCUT2D eigenvalue weighted by Gasteiger charge is -2.38. The van der Waals surface area contributed by atoms with E-state index in [0.29, 0.717) is 10.4 Å². The largest absolute Gasteiger partial charge is 0.434 e. The van der Waals surface area contributed by atoms with Gasteiger partial charge in [0.05, 0.1) is 10.9 Å². The van der Waals surface area contributed by atoms with Crippen molar-refractivity contribution in [3.8, 4) is 11.1 Å². The highest BCUT2D eigenvalue weighted by molar-refractivity contribution is 8.22. The number of hydrogen-bond donors (Lipinski definition) is 4. The van der Waals surface area contributed by atoms with E-state index in [9.17, 15) is 18.3 Å². The summed E-state index contributed by atoms with van der Waals surface area (Å²) in [6.07, 6.45) is 2.08. The Kier molecular flexibility index (Phi) is 4.33. The summed E-state index contributed by atoms with van der Waals surface area (Å²) in [7, 11) is -3.17. The fourth-order valence-corrected chi connectivity index (χ4v) is 5.97. The molecule has 10 heteroatoms. The average Bonchev–Trinajstić information content (AvgIpc) is 3.36. The number of hydrogen-bond acceptors (Lipinski definition) is 6. The number of nitrogens with zero attached hydrogens (tertiary/aromatic N) is 2. The zero-order valence-electron chi connectivity index (χ0n) is 15.9. The predicted molar refractivity (Wildman–Crippen MR) is 111 cm³/mol. The second kappa shape index (κ2) is 6.81. The molecular weight excluding hydrogens is 411 g/mol. The molecule has 0 fully saturated rings. The number of H-pyrrole nitrogens is 2. The van der Waals surface area contributed by atoms with Crippen LogP contribution in [0.5, 0.6) is 0 Å². The molecule has 1 unspecified atom stereocenters. The van der Waals surface area contributed by atoms with Crippen molar-refractivity contribution < 1.29 is 17.9 Å². The maximum absolute atomic E-state index is 13.5. The van der Waals surface area contributed by atoms with Gasteiger partial charge in [-0.15, -0.1) is 15.9 Å². The molecule has 1 atom stereocenters. The summed E-state index contributed by atoms with van der Waals surface area (Å²) < 4.78 is 41.8. The van der Waals surface area contributed by atoms with Crippen molar-refractivity contribution in [2.24, 2.45) is 0 Å². The zero-order valence-corrected chi connectivity index (χ0v) is 16.7. The Morgan fingerprint density at radius 2 is 2.10 bits per heavy atom. The van der Waals surface area contributed by atoms with Gasteiger partial charge in [0.25, 0.3) is 0 Å².